The Morgan fingerprint density at radius 2 is 1.86 bits per heavy atom. The van der Waals surface area contributed by atoms with Crippen LogP contribution in [0.1, 0.15) is 28.6 Å². The highest BCUT2D eigenvalue weighted by molar-refractivity contribution is 7.17. The molecule has 188 valence electrons. The molecule has 1 amide bonds. The number of carbonyl (C=O) groups is 1. The van der Waals surface area contributed by atoms with Crippen LogP contribution in [0.3, 0.4) is 0 Å². The highest BCUT2D eigenvalue weighted by Crippen LogP contribution is 2.28. The minimum atomic E-state index is -0.248. The van der Waals surface area contributed by atoms with Crippen molar-refractivity contribution in [1.82, 2.24) is 19.5 Å². The predicted molar refractivity (Wildman–Crippen MR) is 151 cm³/mol. The van der Waals surface area contributed by atoms with Crippen LogP contribution in [0.2, 0.25) is 5.02 Å². The summed E-state index contributed by atoms with van der Waals surface area (Å²) >= 11 is 7.56. The quantitative estimate of drug-likeness (QED) is 0.176. The molecule has 0 aliphatic rings. The van der Waals surface area contributed by atoms with Crippen molar-refractivity contribution in [3.05, 3.63) is 88.7 Å². The van der Waals surface area contributed by atoms with Gasteiger partial charge in [-0.25, -0.2) is 15.0 Å². The first-order chi connectivity index (χ1) is 18.1. The number of nitrogens with one attached hydrogen (secondary N) is 3. The molecule has 0 aliphatic heterocycles. The van der Waals surface area contributed by atoms with E-state index in [1.54, 1.807) is 12.3 Å². The monoisotopic (exact) mass is 531 g/mol. The van der Waals surface area contributed by atoms with Crippen molar-refractivity contribution in [2.45, 2.75) is 26.3 Å². The number of amides is 1. The van der Waals surface area contributed by atoms with Gasteiger partial charge in [-0.2, -0.15) is 0 Å². The van der Waals surface area contributed by atoms with E-state index in [9.17, 15) is 4.79 Å². The summed E-state index contributed by atoms with van der Waals surface area (Å²) in [4.78, 5) is 26.7. The minimum Gasteiger partial charge on any atom is -0.370 e. The highest BCUT2D eigenvalue weighted by Gasteiger charge is 2.15. The molecule has 2 aromatic carbocycles. The third-order valence-corrected chi connectivity index (χ3v) is 7.07. The minimum absolute atomic E-state index is 0.248. The van der Waals surface area contributed by atoms with Crippen LogP contribution >= 0.6 is 22.9 Å². The summed E-state index contributed by atoms with van der Waals surface area (Å²) in [5.41, 5.74) is 3.77. The number of benzene rings is 2. The molecule has 3 heterocycles. The van der Waals surface area contributed by atoms with Crippen LogP contribution in [-0.2, 0) is 13.0 Å². The zero-order valence-electron chi connectivity index (χ0n) is 20.2. The second kappa shape index (κ2) is 11.4. The lowest BCUT2D eigenvalue weighted by Crippen LogP contribution is -2.12. The molecule has 0 bridgehead atoms. The van der Waals surface area contributed by atoms with Crippen LogP contribution in [0.4, 0.5) is 22.5 Å². The predicted octanol–water partition coefficient (Wildman–Crippen LogP) is 6.60. The van der Waals surface area contributed by atoms with Crippen molar-refractivity contribution in [2.24, 2.45) is 0 Å². The maximum absolute atomic E-state index is 12.8. The summed E-state index contributed by atoms with van der Waals surface area (Å²) in [6.07, 6.45) is 5.12. The van der Waals surface area contributed by atoms with Gasteiger partial charge in [-0.1, -0.05) is 60.2 Å². The standard InChI is InChI=1S/C27H26ClN7OS/c1-2-18-8-5-9-19(28)25(18)34-26(36)22-16-30-27(37-22)33-24-13-6-12-23(32-24)29-14-7-15-35-17-31-20-10-3-4-11-21(20)35/h3-6,8-13,16-17H,2,7,14-15H2,1H3,(H,34,36)(H2,29,30,32,33). The highest BCUT2D eigenvalue weighted by atomic mass is 35.5. The van der Waals surface area contributed by atoms with E-state index in [0.717, 1.165) is 48.3 Å². The largest absolute Gasteiger partial charge is 0.370 e. The summed E-state index contributed by atoms with van der Waals surface area (Å²) in [6, 6.07) is 19.4. The van der Waals surface area contributed by atoms with Crippen LogP contribution < -0.4 is 16.0 Å². The molecule has 0 unspecified atom stereocenters. The number of para-hydroxylation sites is 3. The van der Waals surface area contributed by atoms with E-state index in [1.807, 2.05) is 61.8 Å². The summed E-state index contributed by atoms with van der Waals surface area (Å²) < 4.78 is 2.16. The summed E-state index contributed by atoms with van der Waals surface area (Å²) in [6.45, 7) is 3.66. The van der Waals surface area contributed by atoms with E-state index in [0.29, 0.717) is 26.5 Å². The van der Waals surface area contributed by atoms with E-state index in [4.69, 9.17) is 11.6 Å². The van der Waals surface area contributed by atoms with Crippen LogP contribution in [0.5, 0.6) is 0 Å². The molecular formula is C27H26ClN7OS. The Morgan fingerprint density at radius 3 is 2.76 bits per heavy atom. The van der Waals surface area contributed by atoms with Crippen LogP contribution in [-0.4, -0.2) is 32.0 Å². The number of nitrogens with zero attached hydrogens (tertiary/aromatic N) is 4. The maximum Gasteiger partial charge on any atom is 0.267 e. The topological polar surface area (TPSA) is 96.8 Å². The van der Waals surface area contributed by atoms with Gasteiger partial charge in [0.2, 0.25) is 0 Å². The van der Waals surface area contributed by atoms with Gasteiger partial charge in [0.25, 0.3) is 5.91 Å². The molecule has 8 nitrogen and oxygen atoms in total. The van der Waals surface area contributed by atoms with E-state index in [2.05, 4.69) is 41.5 Å². The van der Waals surface area contributed by atoms with E-state index >= 15 is 0 Å². The Hall–Kier alpha value is -3.95. The second-order valence-electron chi connectivity index (χ2n) is 8.35. The number of halogens is 1. The smallest absolute Gasteiger partial charge is 0.267 e. The number of aromatic nitrogens is 4. The number of anilines is 4. The van der Waals surface area contributed by atoms with Gasteiger partial charge in [0.1, 0.15) is 16.5 Å². The van der Waals surface area contributed by atoms with Gasteiger partial charge in [0.15, 0.2) is 5.13 Å². The average molecular weight is 532 g/mol. The lowest BCUT2D eigenvalue weighted by atomic mass is 10.1. The number of rotatable bonds is 10. The number of imidazole rings is 1. The number of hydrogen-bond donors (Lipinski definition) is 3. The zero-order valence-corrected chi connectivity index (χ0v) is 21.8. The number of carbonyl (C=O) groups excluding carboxylic acids is 1. The lowest BCUT2D eigenvalue weighted by molar-refractivity contribution is 0.103. The van der Waals surface area contributed by atoms with Crippen molar-refractivity contribution < 1.29 is 4.79 Å². The molecule has 0 fully saturated rings. The molecule has 37 heavy (non-hydrogen) atoms. The third-order valence-electron chi connectivity index (χ3n) is 5.84. The molecule has 10 heteroatoms. The van der Waals surface area contributed by atoms with E-state index in [-0.39, 0.29) is 5.91 Å². The van der Waals surface area contributed by atoms with Crippen molar-refractivity contribution in [1.29, 1.82) is 0 Å². The molecule has 3 aromatic heterocycles. The maximum atomic E-state index is 12.8. The SMILES string of the molecule is CCc1cccc(Cl)c1NC(=O)c1cnc(Nc2cccc(NCCCn3cnc4ccccc43)n2)s1. The molecule has 3 N–H and O–H groups in total. The van der Waals surface area contributed by atoms with Crippen molar-refractivity contribution in [2.75, 3.05) is 22.5 Å². The third kappa shape index (κ3) is 5.90. The Bertz CT molecular complexity index is 1530. The Kier molecular flexibility index (Phi) is 7.62. The summed E-state index contributed by atoms with van der Waals surface area (Å²) in [7, 11) is 0. The van der Waals surface area contributed by atoms with Gasteiger partial charge in [-0.15, -0.1) is 0 Å². The first-order valence-electron chi connectivity index (χ1n) is 12.0. The molecule has 0 saturated carbocycles. The van der Waals surface area contributed by atoms with Gasteiger partial charge >= 0.3 is 0 Å². The zero-order chi connectivity index (χ0) is 25.6. The Balaban J connectivity index is 1.15. The molecule has 5 aromatic rings. The summed E-state index contributed by atoms with van der Waals surface area (Å²) in [5, 5.41) is 10.6. The van der Waals surface area contributed by atoms with Gasteiger partial charge in [0, 0.05) is 13.1 Å². The average Bonchev–Trinajstić information content (AvgIpc) is 3.55. The number of aryl methyl sites for hydroxylation is 2. The second-order valence-corrected chi connectivity index (χ2v) is 9.79. The lowest BCUT2D eigenvalue weighted by Gasteiger charge is -2.10. The van der Waals surface area contributed by atoms with Crippen LogP contribution in [0.25, 0.3) is 11.0 Å². The molecule has 0 atom stereocenters. The number of fused-ring (bicyclic) bond motifs is 1. The molecule has 0 aliphatic carbocycles. The van der Waals surface area contributed by atoms with E-state index < -0.39 is 0 Å². The molecular weight excluding hydrogens is 506 g/mol. The number of pyridine rings is 1. The summed E-state index contributed by atoms with van der Waals surface area (Å²) in [5.74, 6) is 1.16. The fourth-order valence-electron chi connectivity index (χ4n) is 3.98. The van der Waals surface area contributed by atoms with Crippen molar-refractivity contribution in [3.63, 3.8) is 0 Å². The van der Waals surface area contributed by atoms with Crippen LogP contribution in [0, 0.1) is 0 Å². The molecule has 0 spiro atoms. The van der Waals surface area contributed by atoms with Gasteiger partial charge in [-0.05, 0) is 48.7 Å². The number of thiazole rings is 1. The normalized spacial score (nSPS) is 11.0. The molecule has 0 radical (unpaired) electrons. The van der Waals surface area contributed by atoms with Gasteiger partial charge in [0.05, 0.1) is 34.3 Å². The molecule has 5 rings (SSSR count). The first kappa shape index (κ1) is 24.7. The van der Waals surface area contributed by atoms with Gasteiger partial charge in [-0.3, -0.25) is 4.79 Å². The van der Waals surface area contributed by atoms with Gasteiger partial charge < -0.3 is 20.5 Å². The van der Waals surface area contributed by atoms with Crippen molar-refractivity contribution >= 4 is 62.3 Å². The fourth-order valence-corrected chi connectivity index (χ4v) is 4.94. The van der Waals surface area contributed by atoms with E-state index in [1.165, 1.54) is 11.3 Å². The van der Waals surface area contributed by atoms with Crippen molar-refractivity contribution in [3.8, 4) is 0 Å². The Morgan fingerprint density at radius 1 is 1.03 bits per heavy atom. The Labute approximate surface area is 223 Å². The molecule has 0 saturated heterocycles. The number of hydrogen-bond acceptors (Lipinski definition) is 7. The first-order valence-corrected chi connectivity index (χ1v) is 13.2. The van der Waals surface area contributed by atoms with Crippen LogP contribution in [0.15, 0.2) is 73.2 Å². The fraction of sp³-hybridized carbons (Fsp3) is 0.185.